The Kier molecular flexibility index (Phi) is 5.98. The molecule has 0 bridgehead atoms. The van der Waals surface area contributed by atoms with Crippen LogP contribution >= 0.6 is 0 Å². The number of hydrogen-bond donors (Lipinski definition) is 0. The zero-order valence-electron chi connectivity index (χ0n) is 12.6. The minimum Gasteiger partial charge on any atom is -0.410 e. The Hall–Kier alpha value is -1.90. The highest BCUT2D eigenvalue weighted by molar-refractivity contribution is 5.71. The smallest absolute Gasteiger partial charge is 0.410 e. The Morgan fingerprint density at radius 1 is 1.17 bits per heavy atom. The van der Waals surface area contributed by atoms with E-state index in [9.17, 15) is 26.7 Å². The number of halogens is 5. The SMILES string of the molecule is O=C(Oc1ccc(COC(F)F)cc1C(F)(F)F)N1CCCCC1. The highest BCUT2D eigenvalue weighted by Gasteiger charge is 2.36. The van der Waals surface area contributed by atoms with Crippen molar-refractivity contribution in [2.75, 3.05) is 13.1 Å². The van der Waals surface area contributed by atoms with Gasteiger partial charge in [0.1, 0.15) is 5.75 Å². The number of amides is 1. The molecule has 1 fully saturated rings. The summed E-state index contributed by atoms with van der Waals surface area (Å²) in [6, 6.07) is 2.73. The summed E-state index contributed by atoms with van der Waals surface area (Å²) in [5.74, 6) is -0.654. The lowest BCUT2D eigenvalue weighted by Gasteiger charge is -2.26. The molecule has 1 heterocycles. The molecule has 1 aromatic carbocycles. The van der Waals surface area contributed by atoms with Crippen LogP contribution in [-0.2, 0) is 17.5 Å². The Balaban J connectivity index is 2.16. The minimum atomic E-state index is -4.79. The summed E-state index contributed by atoms with van der Waals surface area (Å²) in [6.07, 6.45) is -3.15. The average molecular weight is 353 g/mol. The second-order valence-electron chi connectivity index (χ2n) is 5.32. The molecule has 0 N–H and O–H groups in total. The highest BCUT2D eigenvalue weighted by atomic mass is 19.4. The summed E-state index contributed by atoms with van der Waals surface area (Å²) in [5, 5.41) is 0. The van der Waals surface area contributed by atoms with E-state index in [0.717, 1.165) is 31.4 Å². The second-order valence-corrected chi connectivity index (χ2v) is 5.32. The Bertz CT molecular complexity index is 571. The summed E-state index contributed by atoms with van der Waals surface area (Å²) in [7, 11) is 0. The molecule has 1 aromatic rings. The molecule has 1 aliphatic rings. The van der Waals surface area contributed by atoms with Gasteiger partial charge in [0.2, 0.25) is 0 Å². The summed E-state index contributed by atoms with van der Waals surface area (Å²) < 4.78 is 72.2. The fourth-order valence-electron chi connectivity index (χ4n) is 2.37. The molecule has 0 atom stereocenters. The predicted molar refractivity (Wildman–Crippen MR) is 73.7 cm³/mol. The van der Waals surface area contributed by atoms with E-state index < -0.39 is 36.8 Å². The molecule has 1 saturated heterocycles. The van der Waals surface area contributed by atoms with Gasteiger partial charge in [0.15, 0.2) is 0 Å². The van der Waals surface area contributed by atoms with Crippen LogP contribution in [0.2, 0.25) is 0 Å². The van der Waals surface area contributed by atoms with Crippen molar-refractivity contribution in [3.63, 3.8) is 0 Å². The fraction of sp³-hybridized carbons (Fsp3) is 0.533. The minimum absolute atomic E-state index is 0.0969. The van der Waals surface area contributed by atoms with Crippen LogP contribution in [0.1, 0.15) is 30.4 Å². The molecular weight excluding hydrogens is 337 g/mol. The first kappa shape index (κ1) is 18.4. The topological polar surface area (TPSA) is 38.8 Å². The maximum atomic E-state index is 13.1. The van der Waals surface area contributed by atoms with Crippen LogP contribution in [-0.4, -0.2) is 30.7 Å². The van der Waals surface area contributed by atoms with Crippen molar-refractivity contribution in [3.8, 4) is 5.75 Å². The van der Waals surface area contributed by atoms with Gasteiger partial charge in [-0.15, -0.1) is 0 Å². The number of alkyl halides is 5. The number of hydrogen-bond acceptors (Lipinski definition) is 3. The van der Waals surface area contributed by atoms with Gasteiger partial charge in [0.25, 0.3) is 0 Å². The van der Waals surface area contributed by atoms with Crippen molar-refractivity contribution < 1.29 is 36.2 Å². The van der Waals surface area contributed by atoms with Gasteiger partial charge in [-0.25, -0.2) is 4.79 Å². The molecule has 24 heavy (non-hydrogen) atoms. The third kappa shape index (κ3) is 5.05. The molecule has 0 unspecified atom stereocenters. The molecule has 2 rings (SSSR count). The van der Waals surface area contributed by atoms with E-state index in [4.69, 9.17) is 4.74 Å². The quantitative estimate of drug-likeness (QED) is 0.752. The second kappa shape index (κ2) is 7.78. The largest absolute Gasteiger partial charge is 0.419 e. The standard InChI is InChI=1S/C15H16F5NO3/c16-13(17)23-9-10-4-5-12(11(8-10)15(18,19)20)24-14(22)21-6-2-1-3-7-21/h4-5,8,13H,1-3,6-7,9H2. The molecule has 0 aliphatic carbocycles. The van der Waals surface area contributed by atoms with Gasteiger partial charge in [0.05, 0.1) is 12.2 Å². The van der Waals surface area contributed by atoms with Crippen LogP contribution in [0, 0.1) is 0 Å². The zero-order chi connectivity index (χ0) is 17.7. The van der Waals surface area contributed by atoms with Gasteiger partial charge < -0.3 is 14.4 Å². The molecule has 0 spiro atoms. The Morgan fingerprint density at radius 2 is 1.83 bits per heavy atom. The zero-order valence-corrected chi connectivity index (χ0v) is 12.6. The summed E-state index contributed by atoms with van der Waals surface area (Å²) in [6.45, 7) is -2.90. The maximum absolute atomic E-state index is 13.1. The molecule has 0 radical (unpaired) electrons. The van der Waals surface area contributed by atoms with E-state index in [-0.39, 0.29) is 5.56 Å². The van der Waals surface area contributed by atoms with Crippen molar-refractivity contribution >= 4 is 6.09 Å². The lowest BCUT2D eigenvalue weighted by atomic mass is 10.1. The molecule has 9 heteroatoms. The highest BCUT2D eigenvalue weighted by Crippen LogP contribution is 2.37. The van der Waals surface area contributed by atoms with Crippen LogP contribution < -0.4 is 4.74 Å². The monoisotopic (exact) mass is 353 g/mol. The van der Waals surface area contributed by atoms with E-state index in [0.29, 0.717) is 19.2 Å². The number of ether oxygens (including phenoxy) is 2. The Morgan fingerprint density at radius 3 is 2.42 bits per heavy atom. The third-order valence-corrected chi connectivity index (χ3v) is 3.54. The van der Waals surface area contributed by atoms with Crippen LogP contribution in [0.4, 0.5) is 26.7 Å². The van der Waals surface area contributed by atoms with Crippen molar-refractivity contribution in [2.45, 2.75) is 38.7 Å². The summed E-state index contributed by atoms with van der Waals surface area (Å²) in [4.78, 5) is 13.3. The van der Waals surface area contributed by atoms with Crippen molar-refractivity contribution in [3.05, 3.63) is 29.3 Å². The lowest BCUT2D eigenvalue weighted by Crippen LogP contribution is -2.37. The molecule has 4 nitrogen and oxygen atoms in total. The lowest BCUT2D eigenvalue weighted by molar-refractivity contribution is -0.140. The van der Waals surface area contributed by atoms with E-state index in [1.165, 1.54) is 4.90 Å². The first-order chi connectivity index (χ1) is 11.3. The van der Waals surface area contributed by atoms with Crippen LogP contribution in [0.5, 0.6) is 5.75 Å². The van der Waals surface area contributed by atoms with Crippen molar-refractivity contribution in [2.24, 2.45) is 0 Å². The third-order valence-electron chi connectivity index (χ3n) is 3.54. The first-order valence-electron chi connectivity index (χ1n) is 7.34. The van der Waals surface area contributed by atoms with E-state index in [1.807, 2.05) is 0 Å². The molecule has 0 aromatic heterocycles. The first-order valence-corrected chi connectivity index (χ1v) is 7.34. The van der Waals surface area contributed by atoms with Gasteiger partial charge >= 0.3 is 18.9 Å². The summed E-state index contributed by atoms with van der Waals surface area (Å²) in [5.41, 5.74) is -1.30. The number of carbonyl (C=O) groups is 1. The van der Waals surface area contributed by atoms with Crippen LogP contribution in [0.25, 0.3) is 0 Å². The van der Waals surface area contributed by atoms with Crippen molar-refractivity contribution in [1.29, 1.82) is 0 Å². The number of carbonyl (C=O) groups excluding carboxylic acids is 1. The normalized spacial score (nSPS) is 15.7. The average Bonchev–Trinajstić information content (AvgIpc) is 2.53. The number of nitrogens with zero attached hydrogens (tertiary/aromatic N) is 1. The van der Waals surface area contributed by atoms with Gasteiger partial charge in [-0.2, -0.15) is 22.0 Å². The predicted octanol–water partition coefficient (Wildman–Crippen LogP) is 4.43. The molecule has 134 valence electrons. The number of rotatable bonds is 4. The summed E-state index contributed by atoms with van der Waals surface area (Å²) >= 11 is 0. The van der Waals surface area contributed by atoms with E-state index in [2.05, 4.69) is 4.74 Å². The van der Waals surface area contributed by atoms with E-state index in [1.54, 1.807) is 0 Å². The van der Waals surface area contributed by atoms with Gasteiger partial charge in [-0.05, 0) is 37.0 Å². The molecular formula is C15H16F5NO3. The molecule has 0 saturated carbocycles. The van der Waals surface area contributed by atoms with Crippen LogP contribution in [0.15, 0.2) is 18.2 Å². The molecule has 1 aliphatic heterocycles. The van der Waals surface area contributed by atoms with Crippen molar-refractivity contribution in [1.82, 2.24) is 4.90 Å². The van der Waals surface area contributed by atoms with Gasteiger partial charge in [-0.3, -0.25) is 0 Å². The maximum Gasteiger partial charge on any atom is 0.419 e. The van der Waals surface area contributed by atoms with Gasteiger partial charge in [-0.1, -0.05) is 6.07 Å². The number of benzene rings is 1. The van der Waals surface area contributed by atoms with E-state index >= 15 is 0 Å². The van der Waals surface area contributed by atoms with Gasteiger partial charge in [0, 0.05) is 13.1 Å². The fourth-order valence-corrected chi connectivity index (χ4v) is 2.37. The number of likely N-dealkylation sites (tertiary alicyclic amines) is 1. The van der Waals surface area contributed by atoms with Crippen LogP contribution in [0.3, 0.4) is 0 Å². The number of piperidine rings is 1. The Labute approximate surface area is 135 Å². The molecule has 1 amide bonds.